The third-order valence-corrected chi connectivity index (χ3v) is 6.52. The molecule has 1 heterocycles. The van der Waals surface area contributed by atoms with Crippen LogP contribution in [0.4, 0.5) is 15.8 Å². The molecule has 4 rings (SSSR count). The molecule has 0 aliphatic carbocycles. The first-order chi connectivity index (χ1) is 16.1. The Bertz CT molecular complexity index is 1080. The summed E-state index contributed by atoms with van der Waals surface area (Å²) in [6.07, 6.45) is 0. The van der Waals surface area contributed by atoms with Crippen molar-refractivity contribution < 1.29 is 14.0 Å². The molecule has 33 heavy (non-hydrogen) atoms. The summed E-state index contributed by atoms with van der Waals surface area (Å²) in [5.41, 5.74) is 3.09. The van der Waals surface area contributed by atoms with Crippen molar-refractivity contribution in [2.75, 3.05) is 42.1 Å². The summed E-state index contributed by atoms with van der Waals surface area (Å²) in [5, 5.41) is 2.87. The highest BCUT2D eigenvalue weighted by Crippen LogP contribution is 2.21. The summed E-state index contributed by atoms with van der Waals surface area (Å²) in [7, 11) is 0. The standard InChI is InChI=1S/C26H26FN3O2S/c27-23-8-4-5-9-24(23)29-14-16-30(17-15-29)26(32)21-12-10-20(11-13-21)18-33-19-25(31)28-22-6-2-1-3-7-22/h1-13H,14-19H2,(H,28,31). The van der Waals surface area contributed by atoms with Crippen LogP contribution in [-0.2, 0) is 10.5 Å². The second-order valence-electron chi connectivity index (χ2n) is 7.83. The summed E-state index contributed by atoms with van der Waals surface area (Å²) in [6.45, 7) is 2.32. The number of hydrogen-bond acceptors (Lipinski definition) is 4. The molecule has 3 aromatic rings. The van der Waals surface area contributed by atoms with Crippen LogP contribution < -0.4 is 10.2 Å². The Balaban J connectivity index is 1.23. The van der Waals surface area contributed by atoms with E-state index < -0.39 is 0 Å². The number of carbonyl (C=O) groups is 2. The third-order valence-electron chi connectivity index (χ3n) is 5.52. The molecule has 0 atom stereocenters. The predicted octanol–water partition coefficient (Wildman–Crippen LogP) is 4.66. The van der Waals surface area contributed by atoms with Gasteiger partial charge in [-0.2, -0.15) is 0 Å². The van der Waals surface area contributed by atoms with E-state index in [1.165, 1.54) is 17.8 Å². The number of thioether (sulfide) groups is 1. The van der Waals surface area contributed by atoms with Gasteiger partial charge in [-0.3, -0.25) is 9.59 Å². The Morgan fingerprint density at radius 2 is 1.52 bits per heavy atom. The minimum Gasteiger partial charge on any atom is -0.366 e. The molecule has 3 aromatic carbocycles. The second-order valence-corrected chi connectivity index (χ2v) is 8.82. The number of hydrogen-bond donors (Lipinski definition) is 1. The van der Waals surface area contributed by atoms with Gasteiger partial charge in [0.2, 0.25) is 5.91 Å². The van der Waals surface area contributed by atoms with Crippen LogP contribution in [0.5, 0.6) is 0 Å². The van der Waals surface area contributed by atoms with E-state index in [-0.39, 0.29) is 17.6 Å². The molecule has 1 N–H and O–H groups in total. The van der Waals surface area contributed by atoms with Crippen LogP contribution in [0, 0.1) is 5.82 Å². The Kier molecular flexibility index (Phi) is 7.62. The number of para-hydroxylation sites is 2. The van der Waals surface area contributed by atoms with Gasteiger partial charge in [0, 0.05) is 43.2 Å². The molecular formula is C26H26FN3O2S. The Labute approximate surface area is 197 Å². The predicted molar refractivity (Wildman–Crippen MR) is 132 cm³/mol. The van der Waals surface area contributed by atoms with Gasteiger partial charge in [0.05, 0.1) is 11.4 Å². The van der Waals surface area contributed by atoms with E-state index in [2.05, 4.69) is 5.32 Å². The topological polar surface area (TPSA) is 52.7 Å². The molecule has 2 amide bonds. The van der Waals surface area contributed by atoms with Gasteiger partial charge in [0.15, 0.2) is 0 Å². The van der Waals surface area contributed by atoms with E-state index in [0.717, 1.165) is 11.3 Å². The fourth-order valence-corrected chi connectivity index (χ4v) is 4.55. The summed E-state index contributed by atoms with van der Waals surface area (Å²) < 4.78 is 14.0. The van der Waals surface area contributed by atoms with Crippen molar-refractivity contribution in [3.63, 3.8) is 0 Å². The highest BCUT2D eigenvalue weighted by atomic mass is 32.2. The fourth-order valence-electron chi connectivity index (χ4n) is 3.76. The molecule has 1 saturated heterocycles. The number of halogens is 1. The Morgan fingerprint density at radius 1 is 0.848 bits per heavy atom. The van der Waals surface area contributed by atoms with Gasteiger partial charge in [-0.25, -0.2) is 4.39 Å². The fraction of sp³-hybridized carbons (Fsp3) is 0.231. The molecule has 0 unspecified atom stereocenters. The van der Waals surface area contributed by atoms with Crippen LogP contribution in [0.1, 0.15) is 15.9 Å². The van der Waals surface area contributed by atoms with E-state index in [9.17, 15) is 14.0 Å². The van der Waals surface area contributed by atoms with Crippen LogP contribution in [0.2, 0.25) is 0 Å². The monoisotopic (exact) mass is 463 g/mol. The number of nitrogens with one attached hydrogen (secondary N) is 1. The number of benzene rings is 3. The van der Waals surface area contributed by atoms with Gasteiger partial charge < -0.3 is 15.1 Å². The number of rotatable bonds is 7. The average molecular weight is 464 g/mol. The molecule has 0 bridgehead atoms. The molecule has 1 aliphatic heterocycles. The molecule has 7 heteroatoms. The lowest BCUT2D eigenvalue weighted by Crippen LogP contribution is -2.49. The van der Waals surface area contributed by atoms with Gasteiger partial charge >= 0.3 is 0 Å². The van der Waals surface area contributed by atoms with Gasteiger partial charge in [-0.15, -0.1) is 11.8 Å². The lowest BCUT2D eigenvalue weighted by molar-refractivity contribution is -0.113. The van der Waals surface area contributed by atoms with Crippen molar-refractivity contribution in [1.29, 1.82) is 0 Å². The van der Waals surface area contributed by atoms with Crippen molar-refractivity contribution >= 4 is 35.0 Å². The Morgan fingerprint density at radius 3 is 2.21 bits per heavy atom. The lowest BCUT2D eigenvalue weighted by Gasteiger charge is -2.36. The molecule has 170 valence electrons. The first-order valence-corrected chi connectivity index (χ1v) is 12.1. The van der Waals surface area contributed by atoms with Crippen molar-refractivity contribution in [3.8, 4) is 0 Å². The van der Waals surface area contributed by atoms with Crippen molar-refractivity contribution in [3.05, 3.63) is 95.8 Å². The van der Waals surface area contributed by atoms with Crippen LogP contribution in [0.3, 0.4) is 0 Å². The quantitative estimate of drug-likeness (QED) is 0.554. The zero-order valence-electron chi connectivity index (χ0n) is 18.2. The maximum atomic E-state index is 14.0. The highest BCUT2D eigenvalue weighted by molar-refractivity contribution is 7.99. The molecule has 0 aromatic heterocycles. The van der Waals surface area contributed by atoms with Crippen LogP contribution >= 0.6 is 11.8 Å². The summed E-state index contributed by atoms with van der Waals surface area (Å²) in [5.74, 6) is 0.778. The molecule has 0 saturated carbocycles. The van der Waals surface area contributed by atoms with Crippen molar-refractivity contribution in [2.45, 2.75) is 5.75 Å². The van der Waals surface area contributed by atoms with Crippen LogP contribution in [0.15, 0.2) is 78.9 Å². The first kappa shape index (κ1) is 22.9. The lowest BCUT2D eigenvalue weighted by atomic mass is 10.1. The molecule has 1 fully saturated rings. The maximum Gasteiger partial charge on any atom is 0.253 e. The van der Waals surface area contributed by atoms with Gasteiger partial charge in [-0.1, -0.05) is 42.5 Å². The smallest absolute Gasteiger partial charge is 0.253 e. The van der Waals surface area contributed by atoms with E-state index in [0.29, 0.717) is 48.9 Å². The van der Waals surface area contributed by atoms with Gasteiger partial charge in [0.1, 0.15) is 5.82 Å². The SMILES string of the molecule is O=C(CSCc1ccc(C(=O)N2CCN(c3ccccc3F)CC2)cc1)Nc1ccccc1. The Hall–Kier alpha value is -3.32. The van der Waals surface area contributed by atoms with E-state index in [1.54, 1.807) is 12.1 Å². The highest BCUT2D eigenvalue weighted by Gasteiger charge is 2.23. The minimum absolute atomic E-state index is 0.00961. The van der Waals surface area contributed by atoms with Gasteiger partial charge in [0.25, 0.3) is 5.91 Å². The minimum atomic E-state index is -0.233. The molecule has 0 radical (unpaired) electrons. The van der Waals surface area contributed by atoms with E-state index in [4.69, 9.17) is 0 Å². The number of amides is 2. The largest absolute Gasteiger partial charge is 0.366 e. The van der Waals surface area contributed by atoms with Crippen molar-refractivity contribution in [2.24, 2.45) is 0 Å². The zero-order valence-corrected chi connectivity index (χ0v) is 19.1. The van der Waals surface area contributed by atoms with E-state index in [1.807, 2.05) is 70.5 Å². The van der Waals surface area contributed by atoms with Crippen LogP contribution in [-0.4, -0.2) is 48.6 Å². The van der Waals surface area contributed by atoms with Gasteiger partial charge in [-0.05, 0) is 42.0 Å². The normalized spacial score (nSPS) is 13.6. The van der Waals surface area contributed by atoms with E-state index >= 15 is 0 Å². The molecule has 5 nitrogen and oxygen atoms in total. The van der Waals surface area contributed by atoms with Crippen LogP contribution in [0.25, 0.3) is 0 Å². The number of nitrogens with zero attached hydrogens (tertiary/aromatic N) is 2. The third kappa shape index (κ3) is 6.14. The summed E-state index contributed by atoms with van der Waals surface area (Å²) >= 11 is 1.53. The number of carbonyl (C=O) groups excluding carboxylic acids is 2. The second kappa shape index (κ2) is 11.0. The van der Waals surface area contributed by atoms with Crippen molar-refractivity contribution in [1.82, 2.24) is 4.90 Å². The molecular weight excluding hydrogens is 437 g/mol. The summed E-state index contributed by atoms with van der Waals surface area (Å²) in [4.78, 5) is 28.7. The summed E-state index contributed by atoms with van der Waals surface area (Å²) in [6, 6.07) is 23.7. The number of piperazine rings is 1. The first-order valence-electron chi connectivity index (χ1n) is 10.9. The molecule has 1 aliphatic rings. The maximum absolute atomic E-state index is 14.0. The zero-order chi connectivity index (χ0) is 23.0. The number of anilines is 2. The molecule has 0 spiro atoms. The average Bonchev–Trinajstić information content (AvgIpc) is 2.85.